The highest BCUT2D eigenvalue weighted by molar-refractivity contribution is 5.77. The molecule has 0 aliphatic carbocycles. The fourth-order valence-corrected chi connectivity index (χ4v) is 3.85. The lowest BCUT2D eigenvalue weighted by atomic mass is 9.91. The van der Waals surface area contributed by atoms with Crippen LogP contribution in [0.25, 0.3) is 0 Å². The van der Waals surface area contributed by atoms with Crippen LogP contribution in [0.15, 0.2) is 24.4 Å². The van der Waals surface area contributed by atoms with Gasteiger partial charge >= 0.3 is 5.97 Å². The zero-order chi connectivity index (χ0) is 18.7. The van der Waals surface area contributed by atoms with Gasteiger partial charge in [0.15, 0.2) is 0 Å². The highest BCUT2D eigenvalue weighted by atomic mass is 16.4. The number of hydrogen-bond donors (Lipinski definition) is 2. The number of rotatable bonds is 6. The number of aryl methyl sites for hydroxylation is 3. The van der Waals surface area contributed by atoms with Gasteiger partial charge in [-0.1, -0.05) is 29.3 Å². The highest BCUT2D eigenvalue weighted by Crippen LogP contribution is 2.34. The maximum Gasteiger partial charge on any atom is 0.303 e. The number of nitrogens with zero attached hydrogens (tertiary/aromatic N) is 3. The molecular weight excluding hydrogens is 332 g/mol. The van der Waals surface area contributed by atoms with Gasteiger partial charge in [0.25, 0.3) is 0 Å². The predicted octanol–water partition coefficient (Wildman–Crippen LogP) is 2.07. The lowest BCUT2D eigenvalue weighted by molar-refractivity contribution is -0.138. The van der Waals surface area contributed by atoms with Gasteiger partial charge in [-0.2, -0.15) is 15.4 Å². The van der Waals surface area contributed by atoms with Gasteiger partial charge in [-0.25, -0.2) is 0 Å². The van der Waals surface area contributed by atoms with Gasteiger partial charge in [-0.05, 0) is 31.7 Å². The number of aromatic amines is 1. The zero-order valence-electron chi connectivity index (χ0n) is 15.1. The monoisotopic (exact) mass is 356 g/mol. The largest absolute Gasteiger partial charge is 0.481 e. The van der Waals surface area contributed by atoms with Crippen molar-refractivity contribution in [3.8, 4) is 0 Å². The predicted molar refractivity (Wildman–Crippen MR) is 95.7 cm³/mol. The maximum absolute atomic E-state index is 12.7. The quantitative estimate of drug-likeness (QED) is 0.825. The summed E-state index contributed by atoms with van der Waals surface area (Å²) in [6.45, 7) is 5.06. The van der Waals surface area contributed by atoms with Crippen molar-refractivity contribution in [3.05, 3.63) is 46.8 Å². The first-order valence-electron chi connectivity index (χ1n) is 8.85. The van der Waals surface area contributed by atoms with Crippen LogP contribution in [0.5, 0.6) is 0 Å². The minimum Gasteiger partial charge on any atom is -0.481 e. The minimum absolute atomic E-state index is 0.0262. The summed E-state index contributed by atoms with van der Waals surface area (Å²) < 4.78 is 0. The fraction of sp³-hybridized carbons (Fsp3) is 0.474. The van der Waals surface area contributed by atoms with Crippen LogP contribution in [0.1, 0.15) is 41.1 Å². The first-order valence-corrected chi connectivity index (χ1v) is 8.85. The van der Waals surface area contributed by atoms with Crippen LogP contribution in [0.4, 0.5) is 0 Å². The smallest absolute Gasteiger partial charge is 0.303 e. The molecule has 1 aliphatic rings. The van der Waals surface area contributed by atoms with Gasteiger partial charge in [0, 0.05) is 25.4 Å². The Hall–Kier alpha value is -2.70. The molecule has 0 spiro atoms. The number of carbonyl (C=O) groups is 2. The molecule has 0 bridgehead atoms. The van der Waals surface area contributed by atoms with Crippen molar-refractivity contribution in [1.82, 2.24) is 20.3 Å². The number of likely N-dealkylation sites (tertiary alicyclic amines) is 1. The molecule has 0 saturated carbocycles. The van der Waals surface area contributed by atoms with Crippen LogP contribution in [-0.2, 0) is 16.0 Å². The first kappa shape index (κ1) is 18.1. The number of hydrogen-bond acceptors (Lipinski definition) is 4. The molecule has 7 heteroatoms. The van der Waals surface area contributed by atoms with Crippen LogP contribution in [0.3, 0.4) is 0 Å². The molecule has 2 aromatic rings. The van der Waals surface area contributed by atoms with E-state index in [0.29, 0.717) is 25.9 Å². The Morgan fingerprint density at radius 2 is 1.96 bits per heavy atom. The van der Waals surface area contributed by atoms with E-state index in [0.717, 1.165) is 11.3 Å². The van der Waals surface area contributed by atoms with Gasteiger partial charge in [0.05, 0.1) is 18.3 Å². The molecule has 3 rings (SSSR count). The van der Waals surface area contributed by atoms with Crippen molar-refractivity contribution in [2.24, 2.45) is 5.92 Å². The van der Waals surface area contributed by atoms with Crippen LogP contribution >= 0.6 is 0 Å². The van der Waals surface area contributed by atoms with Crippen LogP contribution in [-0.4, -0.2) is 50.4 Å². The first-order chi connectivity index (χ1) is 12.4. The van der Waals surface area contributed by atoms with Crippen molar-refractivity contribution >= 4 is 11.9 Å². The Morgan fingerprint density at radius 1 is 1.23 bits per heavy atom. The molecule has 2 atom stereocenters. The molecule has 7 nitrogen and oxygen atoms in total. The third-order valence-electron chi connectivity index (χ3n) is 4.95. The van der Waals surface area contributed by atoms with Gasteiger partial charge < -0.3 is 10.0 Å². The molecule has 2 N–H and O–H groups in total. The van der Waals surface area contributed by atoms with Crippen molar-refractivity contribution < 1.29 is 14.7 Å². The number of amides is 1. The Kier molecular flexibility index (Phi) is 5.35. The molecule has 138 valence electrons. The molecule has 1 aromatic heterocycles. The van der Waals surface area contributed by atoms with Gasteiger partial charge in [-0.15, -0.1) is 0 Å². The molecule has 2 heterocycles. The summed E-state index contributed by atoms with van der Waals surface area (Å²) in [5.41, 5.74) is 4.27. The summed E-state index contributed by atoms with van der Waals surface area (Å²) in [6.07, 6.45) is 2.76. The second-order valence-electron chi connectivity index (χ2n) is 7.15. The number of aliphatic carboxylic acids is 1. The van der Waals surface area contributed by atoms with E-state index in [4.69, 9.17) is 0 Å². The summed E-state index contributed by atoms with van der Waals surface area (Å²) in [5.74, 6) is -1.02. The summed E-state index contributed by atoms with van der Waals surface area (Å²) in [6, 6.07) is 6.33. The average molecular weight is 356 g/mol. The second-order valence-corrected chi connectivity index (χ2v) is 7.15. The number of aromatic nitrogens is 3. The molecule has 26 heavy (non-hydrogen) atoms. The lowest BCUT2D eigenvalue weighted by Crippen LogP contribution is -2.29. The molecule has 0 unspecified atom stereocenters. The summed E-state index contributed by atoms with van der Waals surface area (Å²) >= 11 is 0. The summed E-state index contributed by atoms with van der Waals surface area (Å²) in [4.78, 5) is 25.6. The van der Waals surface area contributed by atoms with E-state index in [1.54, 1.807) is 11.1 Å². The van der Waals surface area contributed by atoms with Crippen molar-refractivity contribution in [2.45, 2.75) is 39.0 Å². The van der Waals surface area contributed by atoms with Crippen molar-refractivity contribution in [3.63, 3.8) is 0 Å². The Labute approximate surface area is 152 Å². The molecule has 1 aliphatic heterocycles. The minimum atomic E-state index is -0.854. The van der Waals surface area contributed by atoms with Gasteiger partial charge in [0.1, 0.15) is 0 Å². The molecule has 1 amide bonds. The second kappa shape index (κ2) is 7.68. The summed E-state index contributed by atoms with van der Waals surface area (Å²) in [5, 5.41) is 19.7. The number of H-pyrrole nitrogens is 1. The van der Waals surface area contributed by atoms with Crippen LogP contribution < -0.4 is 0 Å². The van der Waals surface area contributed by atoms with Crippen molar-refractivity contribution in [2.75, 3.05) is 13.1 Å². The zero-order valence-corrected chi connectivity index (χ0v) is 15.1. The Morgan fingerprint density at radius 3 is 2.58 bits per heavy atom. The average Bonchev–Trinajstić information content (AvgIpc) is 3.20. The number of carboxylic acids is 1. The van der Waals surface area contributed by atoms with E-state index in [2.05, 4.69) is 47.5 Å². The van der Waals surface area contributed by atoms with Gasteiger partial charge in [-0.3, -0.25) is 9.59 Å². The Balaban J connectivity index is 1.64. The molecule has 1 aromatic carbocycles. The molecule has 1 saturated heterocycles. The highest BCUT2D eigenvalue weighted by Gasteiger charge is 2.38. The Bertz CT molecular complexity index is 768. The van der Waals surface area contributed by atoms with E-state index in [1.807, 2.05) is 0 Å². The maximum atomic E-state index is 12.7. The van der Waals surface area contributed by atoms with E-state index >= 15 is 0 Å². The van der Waals surface area contributed by atoms with Gasteiger partial charge in [0.2, 0.25) is 5.91 Å². The fourth-order valence-electron chi connectivity index (χ4n) is 3.85. The number of carboxylic acid groups (broad SMARTS) is 1. The molecule has 1 fully saturated rings. The topological polar surface area (TPSA) is 99.2 Å². The normalized spacial score (nSPS) is 19.7. The lowest BCUT2D eigenvalue weighted by Gasteiger charge is -2.16. The number of benzene rings is 1. The van der Waals surface area contributed by atoms with Crippen LogP contribution in [0.2, 0.25) is 0 Å². The standard InChI is InChI=1S/C19H24N4O3/c1-12-5-13(2)7-14(6-12)3-4-18(24)23-10-15(8-19(25)26)16(11-23)17-9-20-22-21-17/h5-7,9,15-16H,3-4,8,10-11H2,1-2H3,(H,25,26)(H,20,21,22)/t15-,16+/m0/s1. The number of nitrogens with one attached hydrogen (secondary N) is 1. The molecular formula is C19H24N4O3. The van der Waals surface area contributed by atoms with Crippen LogP contribution in [0, 0.1) is 19.8 Å². The third kappa shape index (κ3) is 4.28. The van der Waals surface area contributed by atoms with E-state index in [1.165, 1.54) is 11.1 Å². The van der Waals surface area contributed by atoms with Crippen molar-refractivity contribution in [1.29, 1.82) is 0 Å². The third-order valence-corrected chi connectivity index (χ3v) is 4.95. The molecule has 0 radical (unpaired) electrons. The van der Waals surface area contributed by atoms with E-state index < -0.39 is 5.97 Å². The van der Waals surface area contributed by atoms with E-state index in [9.17, 15) is 14.7 Å². The summed E-state index contributed by atoms with van der Waals surface area (Å²) in [7, 11) is 0. The van der Waals surface area contributed by atoms with E-state index in [-0.39, 0.29) is 24.2 Å². The SMILES string of the molecule is Cc1cc(C)cc(CCC(=O)N2C[C@H](CC(=O)O)[C@H](c3cn[nH]n3)C2)c1. The number of carbonyl (C=O) groups excluding carboxylic acids is 1.